The number of phenols is 1. The fraction of sp³-hybridized carbons (Fsp3) is 0.667. The maximum Gasteiger partial charge on any atom is 0.120 e. The third kappa shape index (κ3) is 3.54. The minimum Gasteiger partial charge on any atom is -0.508 e. The molecule has 2 unspecified atom stereocenters. The Kier molecular flexibility index (Phi) is 5.47. The summed E-state index contributed by atoms with van der Waals surface area (Å²) in [6, 6.07) is 6.28. The molecule has 0 amide bonds. The molecule has 1 aromatic carbocycles. The molecule has 0 radical (unpaired) electrons. The van der Waals surface area contributed by atoms with Crippen LogP contribution in [0.1, 0.15) is 63.5 Å². The Morgan fingerprint density at radius 2 is 1.85 bits per heavy atom. The topological polar surface area (TPSA) is 23.5 Å². The first kappa shape index (κ1) is 15.4. The van der Waals surface area contributed by atoms with E-state index in [-0.39, 0.29) is 0 Å². The molecule has 0 aromatic heterocycles. The molecule has 2 heteroatoms. The number of nitrogens with zero attached hydrogens (tertiary/aromatic N) is 1. The SMILES string of the molecule is CCN(CC)Cc1cc(C2CCCCC2C)ccc1O. The van der Waals surface area contributed by atoms with Crippen LogP contribution in [0.3, 0.4) is 0 Å². The summed E-state index contributed by atoms with van der Waals surface area (Å²) in [5.74, 6) is 1.90. The zero-order valence-corrected chi connectivity index (χ0v) is 13.2. The van der Waals surface area contributed by atoms with Crippen molar-refractivity contribution < 1.29 is 5.11 Å². The van der Waals surface area contributed by atoms with Gasteiger partial charge in [-0.2, -0.15) is 0 Å². The summed E-state index contributed by atoms with van der Waals surface area (Å²) in [5, 5.41) is 10.1. The molecule has 20 heavy (non-hydrogen) atoms. The number of aromatic hydroxyl groups is 1. The van der Waals surface area contributed by atoms with Gasteiger partial charge in [-0.15, -0.1) is 0 Å². The molecule has 1 N–H and O–H groups in total. The van der Waals surface area contributed by atoms with E-state index in [0.29, 0.717) is 11.7 Å². The van der Waals surface area contributed by atoms with Gasteiger partial charge in [0.2, 0.25) is 0 Å². The largest absolute Gasteiger partial charge is 0.508 e. The Morgan fingerprint density at radius 1 is 1.15 bits per heavy atom. The van der Waals surface area contributed by atoms with Crippen molar-refractivity contribution in [1.29, 1.82) is 0 Å². The molecule has 112 valence electrons. The van der Waals surface area contributed by atoms with Crippen molar-refractivity contribution in [2.45, 2.75) is 58.9 Å². The van der Waals surface area contributed by atoms with Gasteiger partial charge in [-0.25, -0.2) is 0 Å². The molecule has 1 aliphatic rings. The van der Waals surface area contributed by atoms with Crippen LogP contribution in [0.2, 0.25) is 0 Å². The van der Waals surface area contributed by atoms with Gasteiger partial charge in [-0.1, -0.05) is 52.2 Å². The molecular formula is C18H29NO. The molecule has 1 aromatic rings. The van der Waals surface area contributed by atoms with E-state index >= 15 is 0 Å². The van der Waals surface area contributed by atoms with E-state index in [2.05, 4.69) is 37.8 Å². The van der Waals surface area contributed by atoms with E-state index in [1.54, 1.807) is 0 Å². The molecule has 1 fully saturated rings. The Bertz CT molecular complexity index is 425. The van der Waals surface area contributed by atoms with Gasteiger partial charge >= 0.3 is 0 Å². The van der Waals surface area contributed by atoms with Crippen molar-refractivity contribution in [2.24, 2.45) is 5.92 Å². The number of hydrogen-bond donors (Lipinski definition) is 1. The molecule has 2 nitrogen and oxygen atoms in total. The van der Waals surface area contributed by atoms with Crippen LogP contribution in [-0.2, 0) is 6.54 Å². The summed E-state index contributed by atoms with van der Waals surface area (Å²) in [6.45, 7) is 9.63. The van der Waals surface area contributed by atoms with E-state index in [1.807, 2.05) is 6.07 Å². The standard InChI is InChI=1S/C18H29NO/c1-4-19(5-2)13-16-12-15(10-11-18(16)20)17-9-7-6-8-14(17)3/h10-12,14,17,20H,4-9,13H2,1-3H3. The van der Waals surface area contributed by atoms with Crippen molar-refractivity contribution in [3.05, 3.63) is 29.3 Å². The summed E-state index contributed by atoms with van der Waals surface area (Å²) < 4.78 is 0. The van der Waals surface area contributed by atoms with E-state index in [0.717, 1.165) is 31.1 Å². The quantitative estimate of drug-likeness (QED) is 0.853. The van der Waals surface area contributed by atoms with Crippen molar-refractivity contribution >= 4 is 0 Å². The lowest BCUT2D eigenvalue weighted by Gasteiger charge is -2.30. The number of phenolic OH excluding ortho intramolecular Hbond substituents is 1. The Labute approximate surface area is 123 Å². The van der Waals surface area contributed by atoms with Crippen LogP contribution in [0, 0.1) is 5.92 Å². The molecule has 2 atom stereocenters. The number of hydrogen-bond acceptors (Lipinski definition) is 2. The highest BCUT2D eigenvalue weighted by Crippen LogP contribution is 2.38. The highest BCUT2D eigenvalue weighted by Gasteiger charge is 2.23. The summed E-state index contributed by atoms with van der Waals surface area (Å²) in [7, 11) is 0. The highest BCUT2D eigenvalue weighted by atomic mass is 16.3. The van der Waals surface area contributed by atoms with Crippen molar-refractivity contribution in [1.82, 2.24) is 4.90 Å². The van der Waals surface area contributed by atoms with Crippen LogP contribution in [0.15, 0.2) is 18.2 Å². The van der Waals surface area contributed by atoms with Crippen molar-refractivity contribution in [3.63, 3.8) is 0 Å². The lowest BCUT2D eigenvalue weighted by molar-refractivity contribution is 0.290. The molecule has 0 saturated heterocycles. The Balaban J connectivity index is 2.19. The molecule has 0 spiro atoms. The van der Waals surface area contributed by atoms with Gasteiger partial charge in [0.05, 0.1) is 0 Å². The highest BCUT2D eigenvalue weighted by molar-refractivity contribution is 5.38. The van der Waals surface area contributed by atoms with Gasteiger partial charge < -0.3 is 5.11 Å². The first-order chi connectivity index (χ1) is 9.65. The van der Waals surface area contributed by atoms with Gasteiger partial charge in [0.15, 0.2) is 0 Å². The lowest BCUT2D eigenvalue weighted by atomic mass is 9.76. The van der Waals surface area contributed by atoms with Crippen molar-refractivity contribution in [3.8, 4) is 5.75 Å². The van der Waals surface area contributed by atoms with Gasteiger partial charge in [0.1, 0.15) is 5.75 Å². The summed E-state index contributed by atoms with van der Waals surface area (Å²) in [4.78, 5) is 2.35. The lowest BCUT2D eigenvalue weighted by Crippen LogP contribution is -2.22. The molecule has 1 saturated carbocycles. The number of benzene rings is 1. The molecular weight excluding hydrogens is 246 g/mol. The zero-order valence-electron chi connectivity index (χ0n) is 13.2. The second kappa shape index (κ2) is 7.12. The van der Waals surface area contributed by atoms with Crippen LogP contribution in [0.25, 0.3) is 0 Å². The third-order valence-electron chi connectivity index (χ3n) is 4.93. The number of rotatable bonds is 5. The van der Waals surface area contributed by atoms with Gasteiger partial charge in [0, 0.05) is 12.1 Å². The molecule has 0 heterocycles. The van der Waals surface area contributed by atoms with E-state index < -0.39 is 0 Å². The molecule has 2 rings (SSSR count). The first-order valence-electron chi connectivity index (χ1n) is 8.19. The minimum absolute atomic E-state index is 0.448. The van der Waals surface area contributed by atoms with Crippen LogP contribution in [0.5, 0.6) is 5.75 Å². The molecule has 1 aliphatic carbocycles. The second-order valence-electron chi connectivity index (χ2n) is 6.22. The smallest absolute Gasteiger partial charge is 0.120 e. The van der Waals surface area contributed by atoms with E-state index in [4.69, 9.17) is 0 Å². The maximum atomic E-state index is 10.1. The van der Waals surface area contributed by atoms with Gasteiger partial charge in [-0.05, 0) is 43.0 Å². The summed E-state index contributed by atoms with van der Waals surface area (Å²) in [5.41, 5.74) is 2.51. The predicted molar refractivity (Wildman–Crippen MR) is 85.1 cm³/mol. The van der Waals surface area contributed by atoms with Crippen LogP contribution in [0.4, 0.5) is 0 Å². The predicted octanol–water partition coefficient (Wildman–Crippen LogP) is 4.53. The monoisotopic (exact) mass is 275 g/mol. The Morgan fingerprint density at radius 3 is 2.50 bits per heavy atom. The first-order valence-corrected chi connectivity index (χ1v) is 8.19. The van der Waals surface area contributed by atoms with E-state index in [1.165, 1.54) is 31.2 Å². The average Bonchev–Trinajstić information content (AvgIpc) is 2.47. The Hall–Kier alpha value is -1.02. The fourth-order valence-corrected chi connectivity index (χ4v) is 3.46. The second-order valence-corrected chi connectivity index (χ2v) is 6.22. The summed E-state index contributed by atoms with van der Waals surface area (Å²) >= 11 is 0. The van der Waals surface area contributed by atoms with Crippen LogP contribution < -0.4 is 0 Å². The zero-order chi connectivity index (χ0) is 14.5. The third-order valence-corrected chi connectivity index (χ3v) is 4.93. The molecule has 0 bridgehead atoms. The van der Waals surface area contributed by atoms with Crippen LogP contribution >= 0.6 is 0 Å². The van der Waals surface area contributed by atoms with Gasteiger partial charge in [-0.3, -0.25) is 4.90 Å². The average molecular weight is 275 g/mol. The minimum atomic E-state index is 0.448. The van der Waals surface area contributed by atoms with Crippen molar-refractivity contribution in [2.75, 3.05) is 13.1 Å². The summed E-state index contributed by atoms with van der Waals surface area (Å²) in [6.07, 6.45) is 5.37. The normalized spacial score (nSPS) is 23.2. The van der Waals surface area contributed by atoms with Crippen LogP contribution in [-0.4, -0.2) is 23.1 Å². The maximum absolute atomic E-state index is 10.1. The van der Waals surface area contributed by atoms with E-state index in [9.17, 15) is 5.11 Å². The molecule has 0 aliphatic heterocycles. The fourth-order valence-electron chi connectivity index (χ4n) is 3.46. The van der Waals surface area contributed by atoms with Gasteiger partial charge in [0.25, 0.3) is 0 Å².